The number of para-hydroxylation sites is 1. The second-order valence-corrected chi connectivity index (χ2v) is 4.69. The van der Waals surface area contributed by atoms with E-state index in [2.05, 4.69) is 10.3 Å². The molecule has 98 valence electrons. The van der Waals surface area contributed by atoms with E-state index in [0.29, 0.717) is 11.7 Å². The summed E-state index contributed by atoms with van der Waals surface area (Å²) < 4.78 is 0. The Labute approximate surface area is 110 Å². The lowest BCUT2D eigenvalue weighted by molar-refractivity contribution is -0.384. The van der Waals surface area contributed by atoms with Crippen molar-refractivity contribution in [3.63, 3.8) is 0 Å². The maximum atomic E-state index is 11.2. The zero-order chi connectivity index (χ0) is 13.4. The van der Waals surface area contributed by atoms with E-state index in [0.717, 1.165) is 24.0 Å². The second kappa shape index (κ2) is 4.47. The van der Waals surface area contributed by atoms with Gasteiger partial charge in [-0.2, -0.15) is 0 Å². The number of rotatable bonds is 3. The van der Waals surface area contributed by atoms with Crippen LogP contribution in [0.3, 0.4) is 0 Å². The summed E-state index contributed by atoms with van der Waals surface area (Å²) in [4.78, 5) is 17.0. The highest BCUT2D eigenvalue weighted by Crippen LogP contribution is 2.35. The maximum Gasteiger partial charge on any atom is 0.311 e. The van der Waals surface area contributed by atoms with Crippen LogP contribution < -0.4 is 10.2 Å². The summed E-state index contributed by atoms with van der Waals surface area (Å²) in [6.07, 6.45) is 1.35. The van der Waals surface area contributed by atoms with E-state index < -0.39 is 0 Å². The van der Waals surface area contributed by atoms with Gasteiger partial charge in [0.15, 0.2) is 0 Å². The molecule has 6 heteroatoms. The van der Waals surface area contributed by atoms with Gasteiger partial charge in [0, 0.05) is 25.5 Å². The predicted molar refractivity (Wildman–Crippen MR) is 73.5 cm³/mol. The van der Waals surface area contributed by atoms with E-state index in [-0.39, 0.29) is 10.6 Å². The number of likely N-dealkylation sites (N-methyl/N-ethyl adjacent to an activating group) is 1. The van der Waals surface area contributed by atoms with E-state index in [1.165, 1.54) is 6.20 Å². The molecule has 0 bridgehead atoms. The summed E-state index contributed by atoms with van der Waals surface area (Å²) >= 11 is 0. The standard InChI is InChI=1S/C13H14N4O2/c1-16(9-6-14-7-9)13-10-4-2-3-5-11(10)15-8-12(13)17(18)19/h2-5,8-9,14H,6-7H2,1H3. The Bertz CT molecular complexity index is 640. The van der Waals surface area contributed by atoms with Crippen LogP contribution in [0.25, 0.3) is 10.9 Å². The molecule has 0 spiro atoms. The summed E-state index contributed by atoms with van der Waals surface area (Å²) in [5.41, 5.74) is 1.50. The lowest BCUT2D eigenvalue weighted by Gasteiger charge is -2.37. The molecule has 1 fully saturated rings. The first-order valence-electron chi connectivity index (χ1n) is 6.14. The minimum absolute atomic E-state index is 0.0631. The van der Waals surface area contributed by atoms with Crippen molar-refractivity contribution in [2.45, 2.75) is 6.04 Å². The molecule has 1 N–H and O–H groups in total. The van der Waals surface area contributed by atoms with Crippen molar-refractivity contribution in [2.75, 3.05) is 25.0 Å². The maximum absolute atomic E-state index is 11.2. The number of fused-ring (bicyclic) bond motifs is 1. The third-order valence-electron chi connectivity index (χ3n) is 3.58. The van der Waals surface area contributed by atoms with Crippen molar-refractivity contribution in [3.05, 3.63) is 40.6 Å². The molecule has 2 heterocycles. The number of pyridine rings is 1. The summed E-state index contributed by atoms with van der Waals surface area (Å²) in [5.74, 6) is 0. The van der Waals surface area contributed by atoms with Crippen molar-refractivity contribution in [1.82, 2.24) is 10.3 Å². The van der Waals surface area contributed by atoms with Crippen molar-refractivity contribution in [1.29, 1.82) is 0 Å². The molecule has 1 aliphatic rings. The third kappa shape index (κ3) is 1.90. The van der Waals surface area contributed by atoms with Gasteiger partial charge in [-0.3, -0.25) is 10.1 Å². The Morgan fingerprint density at radius 2 is 2.16 bits per heavy atom. The number of nitrogens with zero attached hydrogens (tertiary/aromatic N) is 3. The highest BCUT2D eigenvalue weighted by molar-refractivity contribution is 5.96. The Kier molecular flexibility index (Phi) is 2.79. The molecule has 6 nitrogen and oxygen atoms in total. The Balaban J connectivity index is 2.21. The lowest BCUT2D eigenvalue weighted by atomic mass is 10.1. The fourth-order valence-electron chi connectivity index (χ4n) is 2.35. The topological polar surface area (TPSA) is 71.3 Å². The highest BCUT2D eigenvalue weighted by Gasteiger charge is 2.28. The normalized spacial score (nSPS) is 15.2. The molecule has 1 saturated heterocycles. The van der Waals surface area contributed by atoms with Crippen LogP contribution in [0.5, 0.6) is 0 Å². The molecule has 1 aromatic carbocycles. The smallest absolute Gasteiger partial charge is 0.311 e. The number of hydrogen-bond acceptors (Lipinski definition) is 5. The molecule has 1 aromatic heterocycles. The average molecular weight is 258 g/mol. The van der Waals surface area contributed by atoms with Gasteiger partial charge in [-0.15, -0.1) is 0 Å². The lowest BCUT2D eigenvalue weighted by Crippen LogP contribution is -2.56. The summed E-state index contributed by atoms with van der Waals surface area (Å²) in [6.45, 7) is 1.70. The molecule has 2 aromatic rings. The van der Waals surface area contributed by atoms with Crippen LogP contribution in [-0.4, -0.2) is 36.1 Å². The number of anilines is 1. The van der Waals surface area contributed by atoms with Crippen molar-refractivity contribution < 1.29 is 4.92 Å². The summed E-state index contributed by atoms with van der Waals surface area (Å²) in [7, 11) is 1.90. The van der Waals surface area contributed by atoms with Crippen LogP contribution in [0.1, 0.15) is 0 Å². The van der Waals surface area contributed by atoms with Crippen molar-refractivity contribution >= 4 is 22.3 Å². The van der Waals surface area contributed by atoms with Gasteiger partial charge in [0.05, 0.1) is 16.5 Å². The molecule has 3 rings (SSSR count). The highest BCUT2D eigenvalue weighted by atomic mass is 16.6. The quantitative estimate of drug-likeness (QED) is 0.668. The summed E-state index contributed by atoms with van der Waals surface area (Å²) in [5, 5.41) is 15.2. The van der Waals surface area contributed by atoms with Crippen LogP contribution >= 0.6 is 0 Å². The predicted octanol–water partition coefficient (Wildman–Crippen LogP) is 1.55. The monoisotopic (exact) mass is 258 g/mol. The van der Waals surface area contributed by atoms with Gasteiger partial charge in [0.1, 0.15) is 11.9 Å². The molecule has 0 aliphatic carbocycles. The third-order valence-corrected chi connectivity index (χ3v) is 3.58. The number of benzene rings is 1. The van der Waals surface area contributed by atoms with Gasteiger partial charge >= 0.3 is 5.69 Å². The minimum atomic E-state index is -0.364. The zero-order valence-electron chi connectivity index (χ0n) is 10.5. The first-order valence-corrected chi connectivity index (χ1v) is 6.14. The molecular weight excluding hydrogens is 244 g/mol. The fourth-order valence-corrected chi connectivity index (χ4v) is 2.35. The molecule has 0 amide bonds. The number of hydrogen-bond donors (Lipinski definition) is 1. The van der Waals surface area contributed by atoms with Crippen LogP contribution in [-0.2, 0) is 0 Å². The van der Waals surface area contributed by atoms with Crippen LogP contribution in [0.2, 0.25) is 0 Å². The minimum Gasteiger partial charge on any atom is -0.363 e. The van der Waals surface area contributed by atoms with Gasteiger partial charge in [-0.1, -0.05) is 18.2 Å². The van der Waals surface area contributed by atoms with Gasteiger partial charge in [0.25, 0.3) is 0 Å². The van der Waals surface area contributed by atoms with Gasteiger partial charge in [0.2, 0.25) is 0 Å². The Morgan fingerprint density at radius 1 is 1.42 bits per heavy atom. The van der Waals surface area contributed by atoms with Crippen molar-refractivity contribution in [3.8, 4) is 0 Å². The molecular formula is C13H14N4O2. The first-order chi connectivity index (χ1) is 9.18. The summed E-state index contributed by atoms with van der Waals surface area (Å²) in [6, 6.07) is 7.81. The van der Waals surface area contributed by atoms with Gasteiger partial charge in [-0.25, -0.2) is 4.98 Å². The van der Waals surface area contributed by atoms with E-state index in [9.17, 15) is 10.1 Å². The first kappa shape index (κ1) is 11.9. The Morgan fingerprint density at radius 3 is 2.79 bits per heavy atom. The van der Waals surface area contributed by atoms with Crippen LogP contribution in [0.15, 0.2) is 30.5 Å². The van der Waals surface area contributed by atoms with E-state index in [1.807, 2.05) is 36.2 Å². The number of aromatic nitrogens is 1. The largest absolute Gasteiger partial charge is 0.363 e. The van der Waals surface area contributed by atoms with Crippen LogP contribution in [0, 0.1) is 10.1 Å². The Hall–Kier alpha value is -2.21. The molecule has 1 aliphatic heterocycles. The van der Waals surface area contributed by atoms with E-state index in [1.54, 1.807) is 0 Å². The van der Waals surface area contributed by atoms with Crippen LogP contribution in [0.4, 0.5) is 11.4 Å². The number of nitro groups is 1. The molecule has 19 heavy (non-hydrogen) atoms. The molecule has 0 unspecified atom stereocenters. The average Bonchev–Trinajstić information content (AvgIpc) is 2.35. The van der Waals surface area contributed by atoms with Gasteiger partial charge in [-0.05, 0) is 6.07 Å². The van der Waals surface area contributed by atoms with E-state index in [4.69, 9.17) is 0 Å². The zero-order valence-corrected chi connectivity index (χ0v) is 10.5. The fraction of sp³-hybridized carbons (Fsp3) is 0.308. The molecule has 0 atom stereocenters. The SMILES string of the molecule is CN(c1c([N+](=O)[O-])cnc2ccccc12)C1CNC1. The second-order valence-electron chi connectivity index (χ2n) is 4.69. The number of nitrogens with one attached hydrogen (secondary N) is 1. The molecule has 0 radical (unpaired) electrons. The van der Waals surface area contributed by atoms with E-state index >= 15 is 0 Å². The van der Waals surface area contributed by atoms with Crippen molar-refractivity contribution in [2.24, 2.45) is 0 Å². The molecule has 0 saturated carbocycles. The van der Waals surface area contributed by atoms with Gasteiger partial charge < -0.3 is 10.2 Å².